The molecule has 2 heterocycles. The van der Waals surface area contributed by atoms with Crippen LogP contribution in [0.5, 0.6) is 0 Å². The molecule has 0 unspecified atom stereocenters. The Morgan fingerprint density at radius 2 is 1.50 bits per heavy atom. The van der Waals surface area contributed by atoms with Gasteiger partial charge >= 0.3 is 0 Å². The van der Waals surface area contributed by atoms with Crippen molar-refractivity contribution in [1.82, 2.24) is 19.9 Å². The van der Waals surface area contributed by atoms with Gasteiger partial charge in [0.15, 0.2) is 5.13 Å². The van der Waals surface area contributed by atoms with Gasteiger partial charge in [-0.15, -0.1) is 11.3 Å². The third-order valence-corrected chi connectivity index (χ3v) is 4.85. The highest BCUT2D eigenvalue weighted by molar-refractivity contribution is 7.15. The van der Waals surface area contributed by atoms with E-state index in [1.807, 2.05) is 60.7 Å². The molecule has 3 N–H and O–H groups in total. The number of para-hydroxylation sites is 2. The summed E-state index contributed by atoms with van der Waals surface area (Å²) in [4.78, 5) is 30.4. The molecule has 9 heteroatoms. The van der Waals surface area contributed by atoms with E-state index in [1.54, 1.807) is 13.1 Å². The third kappa shape index (κ3) is 5.36. The van der Waals surface area contributed by atoms with Crippen molar-refractivity contribution >= 4 is 45.6 Å². The molecule has 0 aliphatic carbocycles. The van der Waals surface area contributed by atoms with E-state index < -0.39 is 0 Å². The summed E-state index contributed by atoms with van der Waals surface area (Å²) in [6, 6.07) is 19.0. The quantitative estimate of drug-likeness (QED) is 0.412. The second kappa shape index (κ2) is 9.10. The van der Waals surface area contributed by atoms with Crippen molar-refractivity contribution in [3.8, 4) is 0 Å². The third-order valence-electron chi connectivity index (χ3n) is 3.94. The zero-order chi connectivity index (χ0) is 20.8. The van der Waals surface area contributed by atoms with E-state index in [1.165, 1.54) is 11.3 Å². The Bertz CT molecular complexity index is 1130. The fourth-order valence-electron chi connectivity index (χ4n) is 2.67. The number of hydrogen-bond donors (Lipinski definition) is 3. The van der Waals surface area contributed by atoms with Crippen molar-refractivity contribution in [2.75, 3.05) is 16.0 Å². The number of aromatic nitrogens is 4. The number of rotatable bonds is 7. The second-order valence-corrected chi connectivity index (χ2v) is 7.48. The molecule has 0 aliphatic heterocycles. The predicted octanol–water partition coefficient (Wildman–Crippen LogP) is 4.30. The van der Waals surface area contributed by atoms with Crippen LogP contribution >= 0.6 is 11.3 Å². The van der Waals surface area contributed by atoms with Crippen molar-refractivity contribution in [1.29, 1.82) is 0 Å². The van der Waals surface area contributed by atoms with Crippen LogP contribution in [0.15, 0.2) is 66.9 Å². The van der Waals surface area contributed by atoms with Crippen molar-refractivity contribution in [3.05, 3.63) is 77.6 Å². The zero-order valence-electron chi connectivity index (χ0n) is 16.2. The van der Waals surface area contributed by atoms with Crippen LogP contribution in [0, 0.1) is 6.92 Å². The maximum atomic E-state index is 12.2. The summed E-state index contributed by atoms with van der Waals surface area (Å²) in [5.41, 5.74) is 1.65. The van der Waals surface area contributed by atoms with Crippen molar-refractivity contribution < 1.29 is 4.79 Å². The van der Waals surface area contributed by atoms with Crippen LogP contribution in [0.1, 0.15) is 10.7 Å². The molecule has 0 radical (unpaired) electrons. The van der Waals surface area contributed by atoms with Crippen LogP contribution in [0.2, 0.25) is 0 Å². The van der Waals surface area contributed by atoms with Gasteiger partial charge in [-0.2, -0.15) is 15.0 Å². The number of carbonyl (C=O) groups is 1. The molecule has 0 fully saturated rings. The first-order chi connectivity index (χ1) is 14.6. The molecular weight excluding hydrogens is 398 g/mol. The number of anilines is 5. The molecule has 0 atom stereocenters. The fourth-order valence-corrected chi connectivity index (χ4v) is 3.48. The van der Waals surface area contributed by atoms with Crippen LogP contribution in [-0.4, -0.2) is 25.8 Å². The molecule has 0 saturated heterocycles. The van der Waals surface area contributed by atoms with Gasteiger partial charge in [0.2, 0.25) is 17.8 Å². The van der Waals surface area contributed by atoms with E-state index in [0.717, 1.165) is 16.3 Å². The van der Waals surface area contributed by atoms with Gasteiger partial charge in [0.25, 0.3) is 0 Å². The minimum absolute atomic E-state index is 0.0956. The minimum Gasteiger partial charge on any atom is -0.326 e. The van der Waals surface area contributed by atoms with Gasteiger partial charge in [-0.3, -0.25) is 10.1 Å². The van der Waals surface area contributed by atoms with Crippen molar-refractivity contribution in [2.24, 2.45) is 0 Å². The lowest BCUT2D eigenvalue weighted by atomic mass is 10.3. The highest BCUT2D eigenvalue weighted by atomic mass is 32.1. The first-order valence-corrected chi connectivity index (χ1v) is 10.1. The van der Waals surface area contributed by atoms with Crippen LogP contribution in [0.25, 0.3) is 0 Å². The van der Waals surface area contributed by atoms with Gasteiger partial charge in [-0.25, -0.2) is 4.98 Å². The summed E-state index contributed by atoms with van der Waals surface area (Å²) in [7, 11) is 0. The summed E-state index contributed by atoms with van der Waals surface area (Å²) in [5, 5.41) is 9.71. The molecule has 0 aliphatic rings. The van der Waals surface area contributed by atoms with Gasteiger partial charge in [0.1, 0.15) is 5.82 Å². The SMILES string of the molecule is Cc1nc(Nc2ccccc2)nc(Nc2ncc(CC(=O)Nc3ccccc3)s2)n1. The van der Waals surface area contributed by atoms with E-state index in [2.05, 4.69) is 35.9 Å². The molecule has 2 aromatic heterocycles. The lowest BCUT2D eigenvalue weighted by Crippen LogP contribution is -2.13. The lowest BCUT2D eigenvalue weighted by molar-refractivity contribution is -0.115. The zero-order valence-corrected chi connectivity index (χ0v) is 17.0. The average Bonchev–Trinajstić information content (AvgIpc) is 3.15. The highest BCUT2D eigenvalue weighted by Gasteiger charge is 2.10. The standard InChI is InChI=1S/C21H19N7OS/c1-14-23-19(26-16-10-6-3-7-11-16)27-20(24-14)28-21-22-13-17(30-21)12-18(29)25-15-8-4-2-5-9-15/h2-11,13H,12H2,1H3,(H,25,29)(H2,22,23,24,26,27,28). The maximum absolute atomic E-state index is 12.2. The summed E-state index contributed by atoms with van der Waals surface area (Å²) in [6.07, 6.45) is 1.92. The maximum Gasteiger partial charge on any atom is 0.234 e. The molecule has 150 valence electrons. The Hall–Kier alpha value is -3.85. The van der Waals surface area contributed by atoms with E-state index >= 15 is 0 Å². The second-order valence-electron chi connectivity index (χ2n) is 6.37. The largest absolute Gasteiger partial charge is 0.326 e. The normalized spacial score (nSPS) is 10.4. The van der Waals surface area contributed by atoms with E-state index in [0.29, 0.717) is 22.9 Å². The fraction of sp³-hybridized carbons (Fsp3) is 0.0952. The first kappa shape index (κ1) is 19.5. The Kier molecular flexibility index (Phi) is 5.90. The smallest absolute Gasteiger partial charge is 0.234 e. The van der Waals surface area contributed by atoms with Gasteiger partial charge in [-0.05, 0) is 31.2 Å². The van der Waals surface area contributed by atoms with Crippen molar-refractivity contribution in [3.63, 3.8) is 0 Å². The Labute approximate surface area is 177 Å². The number of benzene rings is 2. The van der Waals surface area contributed by atoms with Gasteiger partial charge in [0, 0.05) is 22.4 Å². The average molecular weight is 417 g/mol. The molecular formula is C21H19N7OS. The topological polar surface area (TPSA) is 105 Å². The number of hydrogen-bond acceptors (Lipinski definition) is 8. The van der Waals surface area contributed by atoms with Crippen LogP contribution in [0.4, 0.5) is 28.4 Å². The summed E-state index contributed by atoms with van der Waals surface area (Å²) < 4.78 is 0. The van der Waals surface area contributed by atoms with Crippen molar-refractivity contribution in [2.45, 2.75) is 13.3 Å². The summed E-state index contributed by atoms with van der Waals surface area (Å²) in [5.74, 6) is 1.30. The molecule has 0 spiro atoms. The predicted molar refractivity (Wildman–Crippen MR) is 118 cm³/mol. The number of nitrogens with one attached hydrogen (secondary N) is 3. The van der Waals surface area contributed by atoms with Gasteiger partial charge < -0.3 is 10.6 Å². The molecule has 4 rings (SSSR count). The van der Waals surface area contributed by atoms with Crippen LogP contribution in [-0.2, 0) is 11.2 Å². The Morgan fingerprint density at radius 1 is 0.867 bits per heavy atom. The highest BCUT2D eigenvalue weighted by Crippen LogP contribution is 2.22. The van der Waals surface area contributed by atoms with Crippen LogP contribution < -0.4 is 16.0 Å². The monoisotopic (exact) mass is 417 g/mol. The molecule has 2 aromatic carbocycles. The Balaban J connectivity index is 1.40. The molecule has 8 nitrogen and oxygen atoms in total. The lowest BCUT2D eigenvalue weighted by Gasteiger charge is -2.07. The first-order valence-electron chi connectivity index (χ1n) is 9.25. The summed E-state index contributed by atoms with van der Waals surface area (Å²) >= 11 is 1.38. The number of carbonyl (C=O) groups excluding carboxylic acids is 1. The number of amides is 1. The molecule has 30 heavy (non-hydrogen) atoms. The number of thiazole rings is 1. The number of nitrogens with zero attached hydrogens (tertiary/aromatic N) is 4. The van der Waals surface area contributed by atoms with E-state index in [9.17, 15) is 4.79 Å². The van der Waals surface area contributed by atoms with E-state index in [-0.39, 0.29) is 12.3 Å². The van der Waals surface area contributed by atoms with Crippen LogP contribution in [0.3, 0.4) is 0 Å². The number of aryl methyl sites for hydroxylation is 1. The molecule has 0 saturated carbocycles. The minimum atomic E-state index is -0.0956. The molecule has 1 amide bonds. The van der Waals surface area contributed by atoms with E-state index in [4.69, 9.17) is 0 Å². The molecule has 4 aromatic rings. The Morgan fingerprint density at radius 3 is 2.20 bits per heavy atom. The van der Waals surface area contributed by atoms with Gasteiger partial charge in [-0.1, -0.05) is 36.4 Å². The molecule has 0 bridgehead atoms. The summed E-state index contributed by atoms with van der Waals surface area (Å²) in [6.45, 7) is 1.80. The van der Waals surface area contributed by atoms with Gasteiger partial charge in [0.05, 0.1) is 6.42 Å².